The lowest BCUT2D eigenvalue weighted by molar-refractivity contribution is 0.231. The van der Waals surface area contributed by atoms with Gasteiger partial charge in [-0.1, -0.05) is 0 Å². The minimum atomic E-state index is -0.0270. The van der Waals surface area contributed by atoms with Gasteiger partial charge in [0.1, 0.15) is 0 Å². The molecule has 0 aliphatic carbocycles. The lowest BCUT2D eigenvalue weighted by atomic mass is 9.92. The highest BCUT2D eigenvalue weighted by Crippen LogP contribution is 2.30. The van der Waals surface area contributed by atoms with Gasteiger partial charge in [0.25, 0.3) is 0 Å². The second-order valence-electron chi connectivity index (χ2n) is 5.48. The van der Waals surface area contributed by atoms with Crippen LogP contribution in [0.2, 0.25) is 0 Å². The van der Waals surface area contributed by atoms with Crippen LogP contribution in [0.3, 0.4) is 0 Å². The Labute approximate surface area is 97.6 Å². The van der Waals surface area contributed by atoms with Gasteiger partial charge in [-0.15, -0.1) is 0 Å². The molecule has 92 valence electrons. The largest absolute Gasteiger partial charge is 0.338 e. The average molecular weight is 225 g/mol. The van der Waals surface area contributed by atoms with Crippen LogP contribution in [0.25, 0.3) is 0 Å². The molecule has 0 spiro atoms. The van der Waals surface area contributed by atoms with Gasteiger partial charge in [-0.3, -0.25) is 0 Å². The van der Waals surface area contributed by atoms with Crippen LogP contribution in [-0.2, 0) is 0 Å². The highest BCUT2D eigenvalue weighted by Gasteiger charge is 2.33. The third kappa shape index (κ3) is 3.11. The maximum Gasteiger partial charge on any atom is 0.314 e. The first kappa shape index (κ1) is 11.7. The topological polar surface area (TPSA) is 53.2 Å². The smallest absolute Gasteiger partial charge is 0.314 e. The van der Waals surface area contributed by atoms with Crippen LogP contribution < -0.4 is 16.0 Å². The van der Waals surface area contributed by atoms with Gasteiger partial charge in [-0.25, -0.2) is 4.79 Å². The molecular formula is C12H23N3O. The molecule has 0 saturated carbocycles. The predicted octanol–water partition coefficient (Wildman–Crippen LogP) is 1.22. The number of carbonyl (C=O) groups excluding carboxylic acids is 1. The molecule has 4 nitrogen and oxygen atoms in total. The average Bonchev–Trinajstić information content (AvgIpc) is 2.54. The number of carbonyl (C=O) groups is 1. The SMILES string of the molecule is CC(C)NC(=O)NCC1CC2CCC(C1)N2. The van der Waals surface area contributed by atoms with E-state index in [9.17, 15) is 4.79 Å². The summed E-state index contributed by atoms with van der Waals surface area (Å²) in [5.41, 5.74) is 0. The van der Waals surface area contributed by atoms with Crippen LogP contribution in [0, 0.1) is 5.92 Å². The van der Waals surface area contributed by atoms with Crippen molar-refractivity contribution in [2.24, 2.45) is 5.92 Å². The van der Waals surface area contributed by atoms with Crippen molar-refractivity contribution in [1.29, 1.82) is 0 Å². The number of rotatable bonds is 3. The molecule has 0 aromatic rings. The highest BCUT2D eigenvalue weighted by molar-refractivity contribution is 5.74. The Kier molecular flexibility index (Phi) is 3.69. The Morgan fingerprint density at radius 3 is 2.50 bits per heavy atom. The first-order chi connectivity index (χ1) is 7.63. The van der Waals surface area contributed by atoms with E-state index in [0.29, 0.717) is 18.0 Å². The van der Waals surface area contributed by atoms with Gasteiger partial charge in [0.15, 0.2) is 0 Å². The van der Waals surface area contributed by atoms with Gasteiger partial charge in [0.2, 0.25) is 0 Å². The predicted molar refractivity (Wildman–Crippen MR) is 64.3 cm³/mol. The number of fused-ring (bicyclic) bond motifs is 2. The quantitative estimate of drug-likeness (QED) is 0.676. The number of hydrogen-bond donors (Lipinski definition) is 3. The first-order valence-corrected chi connectivity index (χ1v) is 6.44. The second-order valence-corrected chi connectivity index (χ2v) is 5.48. The van der Waals surface area contributed by atoms with E-state index in [0.717, 1.165) is 6.54 Å². The zero-order valence-electron chi connectivity index (χ0n) is 10.3. The highest BCUT2D eigenvalue weighted by atomic mass is 16.2. The normalized spacial score (nSPS) is 32.8. The summed E-state index contributed by atoms with van der Waals surface area (Å²) in [5, 5.41) is 9.44. The van der Waals surface area contributed by atoms with Crippen molar-refractivity contribution < 1.29 is 4.79 Å². The molecule has 2 atom stereocenters. The van der Waals surface area contributed by atoms with E-state index in [1.807, 2.05) is 13.8 Å². The van der Waals surface area contributed by atoms with Gasteiger partial charge in [-0.05, 0) is 45.4 Å². The molecule has 2 saturated heterocycles. The molecule has 0 radical (unpaired) electrons. The first-order valence-electron chi connectivity index (χ1n) is 6.44. The monoisotopic (exact) mass is 225 g/mol. The van der Waals surface area contributed by atoms with Crippen molar-refractivity contribution in [3.05, 3.63) is 0 Å². The van der Waals surface area contributed by atoms with Crippen LogP contribution in [-0.4, -0.2) is 30.7 Å². The molecule has 16 heavy (non-hydrogen) atoms. The van der Waals surface area contributed by atoms with Gasteiger partial charge in [0, 0.05) is 24.7 Å². The summed E-state index contributed by atoms with van der Waals surface area (Å²) in [6, 6.07) is 1.60. The van der Waals surface area contributed by atoms with Crippen LogP contribution in [0.15, 0.2) is 0 Å². The fourth-order valence-corrected chi connectivity index (χ4v) is 2.89. The lowest BCUT2D eigenvalue weighted by Gasteiger charge is -2.29. The summed E-state index contributed by atoms with van der Waals surface area (Å²) in [4.78, 5) is 11.4. The van der Waals surface area contributed by atoms with Gasteiger partial charge in [0.05, 0.1) is 0 Å². The molecule has 4 heteroatoms. The van der Waals surface area contributed by atoms with E-state index in [2.05, 4.69) is 16.0 Å². The third-order valence-electron chi connectivity index (χ3n) is 3.54. The Morgan fingerprint density at radius 1 is 1.31 bits per heavy atom. The van der Waals surface area contributed by atoms with E-state index in [4.69, 9.17) is 0 Å². The molecule has 0 aromatic carbocycles. The van der Waals surface area contributed by atoms with E-state index in [1.165, 1.54) is 25.7 Å². The van der Waals surface area contributed by atoms with E-state index < -0.39 is 0 Å². The zero-order chi connectivity index (χ0) is 11.5. The Bertz CT molecular complexity index is 243. The number of urea groups is 1. The molecular weight excluding hydrogens is 202 g/mol. The molecule has 2 fully saturated rings. The zero-order valence-corrected chi connectivity index (χ0v) is 10.3. The Balaban J connectivity index is 1.68. The minimum absolute atomic E-state index is 0.0270. The lowest BCUT2D eigenvalue weighted by Crippen LogP contribution is -2.45. The molecule has 2 amide bonds. The molecule has 0 aromatic heterocycles. The summed E-state index contributed by atoms with van der Waals surface area (Å²) in [6.07, 6.45) is 5.08. The Morgan fingerprint density at radius 2 is 1.94 bits per heavy atom. The van der Waals surface area contributed by atoms with Gasteiger partial charge >= 0.3 is 6.03 Å². The molecule has 2 unspecified atom stereocenters. The molecule has 2 aliphatic rings. The van der Waals surface area contributed by atoms with Gasteiger partial charge in [-0.2, -0.15) is 0 Å². The molecule has 2 aliphatic heterocycles. The van der Waals surface area contributed by atoms with E-state index in [1.54, 1.807) is 0 Å². The molecule has 2 heterocycles. The van der Waals surface area contributed by atoms with Crippen molar-refractivity contribution in [3.63, 3.8) is 0 Å². The molecule has 3 N–H and O–H groups in total. The summed E-state index contributed by atoms with van der Waals surface area (Å²) >= 11 is 0. The van der Waals surface area contributed by atoms with Crippen LogP contribution in [0.1, 0.15) is 39.5 Å². The van der Waals surface area contributed by atoms with Crippen molar-refractivity contribution in [2.75, 3.05) is 6.54 Å². The fourth-order valence-electron chi connectivity index (χ4n) is 2.89. The molecule has 2 rings (SSSR count). The van der Waals surface area contributed by atoms with Crippen LogP contribution >= 0.6 is 0 Å². The van der Waals surface area contributed by atoms with E-state index in [-0.39, 0.29) is 12.1 Å². The van der Waals surface area contributed by atoms with Gasteiger partial charge < -0.3 is 16.0 Å². The maximum atomic E-state index is 11.4. The number of hydrogen-bond acceptors (Lipinski definition) is 2. The van der Waals surface area contributed by atoms with Crippen molar-refractivity contribution in [2.45, 2.75) is 57.7 Å². The Hall–Kier alpha value is -0.770. The summed E-state index contributed by atoms with van der Waals surface area (Å²) in [5.74, 6) is 0.664. The minimum Gasteiger partial charge on any atom is -0.338 e. The van der Waals surface area contributed by atoms with Crippen molar-refractivity contribution >= 4 is 6.03 Å². The van der Waals surface area contributed by atoms with Crippen LogP contribution in [0.5, 0.6) is 0 Å². The number of amides is 2. The van der Waals surface area contributed by atoms with Crippen molar-refractivity contribution in [3.8, 4) is 0 Å². The standard InChI is InChI=1S/C12H23N3O/c1-8(2)14-12(16)13-7-9-5-10-3-4-11(6-9)15-10/h8-11,15H,3-7H2,1-2H3,(H2,13,14,16). The second kappa shape index (κ2) is 5.04. The molecule has 2 bridgehead atoms. The van der Waals surface area contributed by atoms with Crippen molar-refractivity contribution in [1.82, 2.24) is 16.0 Å². The van der Waals surface area contributed by atoms with E-state index >= 15 is 0 Å². The summed E-state index contributed by atoms with van der Waals surface area (Å²) in [6.45, 7) is 4.78. The van der Waals surface area contributed by atoms with Crippen LogP contribution in [0.4, 0.5) is 4.79 Å². The number of piperidine rings is 1. The number of nitrogens with one attached hydrogen (secondary N) is 3. The summed E-state index contributed by atoms with van der Waals surface area (Å²) < 4.78 is 0. The fraction of sp³-hybridized carbons (Fsp3) is 0.917. The third-order valence-corrected chi connectivity index (χ3v) is 3.54. The summed E-state index contributed by atoms with van der Waals surface area (Å²) in [7, 11) is 0. The maximum absolute atomic E-state index is 11.4.